The first-order valence-electron chi connectivity index (χ1n) is 8.84. The fraction of sp³-hybridized carbons (Fsp3) is 0.333. The first-order valence-corrected chi connectivity index (χ1v) is 8.84. The van der Waals surface area contributed by atoms with Crippen molar-refractivity contribution in [1.29, 1.82) is 0 Å². The van der Waals surface area contributed by atoms with Gasteiger partial charge in [-0.2, -0.15) is 0 Å². The van der Waals surface area contributed by atoms with Gasteiger partial charge >= 0.3 is 0 Å². The van der Waals surface area contributed by atoms with E-state index in [0.717, 1.165) is 17.8 Å². The molecule has 2 aromatic rings. The second kappa shape index (κ2) is 7.51. The molecular formula is C21H24N2O2. The molecule has 0 aromatic heterocycles. The van der Waals surface area contributed by atoms with Gasteiger partial charge in [0.2, 0.25) is 11.8 Å². The molecule has 0 saturated carbocycles. The smallest absolute Gasteiger partial charge is 0.229 e. The van der Waals surface area contributed by atoms with Crippen LogP contribution in [-0.2, 0) is 9.59 Å². The highest BCUT2D eigenvalue weighted by atomic mass is 16.2. The summed E-state index contributed by atoms with van der Waals surface area (Å²) in [7, 11) is 0. The molecule has 4 nitrogen and oxygen atoms in total. The van der Waals surface area contributed by atoms with Crippen LogP contribution < -0.4 is 10.2 Å². The van der Waals surface area contributed by atoms with Crippen molar-refractivity contribution in [3.8, 4) is 0 Å². The largest absolute Gasteiger partial charge is 0.326 e. The number of para-hydroxylation sites is 1. The number of rotatable bonds is 5. The zero-order chi connectivity index (χ0) is 17.8. The number of amides is 2. The topological polar surface area (TPSA) is 49.4 Å². The minimum absolute atomic E-state index is 0.00142. The highest BCUT2D eigenvalue weighted by Crippen LogP contribution is 2.26. The van der Waals surface area contributed by atoms with Gasteiger partial charge in [0, 0.05) is 24.3 Å². The molecule has 2 amide bonds. The fourth-order valence-electron chi connectivity index (χ4n) is 3.12. The number of carbonyl (C=O) groups excluding carboxylic acids is 2. The molecule has 1 saturated heterocycles. The summed E-state index contributed by atoms with van der Waals surface area (Å²) in [5.41, 5.74) is 2.90. The number of anilines is 2. The molecule has 25 heavy (non-hydrogen) atoms. The van der Waals surface area contributed by atoms with Crippen molar-refractivity contribution in [1.82, 2.24) is 0 Å². The van der Waals surface area contributed by atoms with Gasteiger partial charge in [-0.15, -0.1) is 0 Å². The Kier molecular flexibility index (Phi) is 5.17. The second-order valence-corrected chi connectivity index (χ2v) is 6.66. The van der Waals surface area contributed by atoms with Crippen LogP contribution in [-0.4, -0.2) is 18.4 Å². The summed E-state index contributed by atoms with van der Waals surface area (Å²) < 4.78 is 0. The van der Waals surface area contributed by atoms with E-state index in [1.807, 2.05) is 42.5 Å². The normalized spacial score (nSPS) is 18.2. The number of hydrogen-bond donors (Lipinski definition) is 1. The van der Waals surface area contributed by atoms with Crippen LogP contribution in [0.25, 0.3) is 0 Å². The monoisotopic (exact) mass is 336 g/mol. The van der Waals surface area contributed by atoms with Gasteiger partial charge in [0.25, 0.3) is 0 Å². The van der Waals surface area contributed by atoms with Gasteiger partial charge in [0.1, 0.15) is 0 Å². The molecule has 2 aromatic carbocycles. The van der Waals surface area contributed by atoms with Crippen LogP contribution in [0, 0.1) is 5.92 Å². The summed E-state index contributed by atoms with van der Waals surface area (Å²) in [6, 6.07) is 17.5. The maximum absolute atomic E-state index is 12.5. The van der Waals surface area contributed by atoms with E-state index in [2.05, 4.69) is 31.3 Å². The van der Waals surface area contributed by atoms with Gasteiger partial charge < -0.3 is 10.2 Å². The lowest BCUT2D eigenvalue weighted by Gasteiger charge is -2.16. The maximum atomic E-state index is 12.5. The van der Waals surface area contributed by atoms with Crippen molar-refractivity contribution < 1.29 is 9.59 Å². The van der Waals surface area contributed by atoms with Gasteiger partial charge in [-0.25, -0.2) is 0 Å². The predicted molar refractivity (Wildman–Crippen MR) is 101 cm³/mol. The van der Waals surface area contributed by atoms with E-state index in [0.29, 0.717) is 12.5 Å². The van der Waals surface area contributed by atoms with Gasteiger partial charge in [-0.1, -0.05) is 44.2 Å². The number of nitrogens with one attached hydrogen (secondary N) is 1. The van der Waals surface area contributed by atoms with E-state index >= 15 is 0 Å². The van der Waals surface area contributed by atoms with Crippen molar-refractivity contribution in [2.24, 2.45) is 5.92 Å². The summed E-state index contributed by atoms with van der Waals surface area (Å²) in [6.45, 7) is 4.78. The molecule has 2 atom stereocenters. The van der Waals surface area contributed by atoms with E-state index in [1.54, 1.807) is 4.90 Å². The minimum Gasteiger partial charge on any atom is -0.326 e. The van der Waals surface area contributed by atoms with Crippen molar-refractivity contribution in [2.75, 3.05) is 16.8 Å². The Morgan fingerprint density at radius 1 is 1.16 bits per heavy atom. The van der Waals surface area contributed by atoms with Gasteiger partial charge in [0.05, 0.1) is 5.92 Å². The Labute approximate surface area is 148 Å². The molecule has 3 rings (SSSR count). The highest BCUT2D eigenvalue weighted by molar-refractivity contribution is 6.03. The molecule has 0 bridgehead atoms. The second-order valence-electron chi connectivity index (χ2n) is 6.66. The van der Waals surface area contributed by atoms with Crippen LogP contribution in [0.5, 0.6) is 0 Å². The van der Waals surface area contributed by atoms with E-state index in [4.69, 9.17) is 0 Å². The average molecular weight is 336 g/mol. The Hall–Kier alpha value is -2.62. The van der Waals surface area contributed by atoms with E-state index < -0.39 is 0 Å². The summed E-state index contributed by atoms with van der Waals surface area (Å²) in [4.78, 5) is 26.5. The van der Waals surface area contributed by atoms with Crippen molar-refractivity contribution in [3.63, 3.8) is 0 Å². The molecule has 130 valence electrons. The first-order chi connectivity index (χ1) is 12.1. The Balaban J connectivity index is 1.63. The van der Waals surface area contributed by atoms with E-state index in [-0.39, 0.29) is 24.2 Å². The minimum atomic E-state index is -0.318. The molecule has 0 spiro atoms. The molecule has 0 aliphatic carbocycles. The SMILES string of the molecule is CCC(C)c1ccc(NC(=O)C2CC(=O)N(c3ccccc3)C2)cc1. The van der Waals surface area contributed by atoms with Crippen molar-refractivity contribution in [2.45, 2.75) is 32.6 Å². The lowest BCUT2D eigenvalue weighted by Crippen LogP contribution is -2.28. The zero-order valence-corrected chi connectivity index (χ0v) is 14.7. The van der Waals surface area contributed by atoms with Crippen LogP contribution >= 0.6 is 0 Å². The third-order valence-electron chi connectivity index (χ3n) is 4.92. The molecule has 4 heteroatoms. The molecule has 1 heterocycles. The molecular weight excluding hydrogens is 312 g/mol. The first kappa shape index (κ1) is 17.2. The average Bonchev–Trinajstić information content (AvgIpc) is 3.04. The third kappa shape index (κ3) is 3.90. The third-order valence-corrected chi connectivity index (χ3v) is 4.92. The molecule has 1 fully saturated rings. The van der Waals surface area contributed by atoms with Crippen LogP contribution in [0.4, 0.5) is 11.4 Å². The highest BCUT2D eigenvalue weighted by Gasteiger charge is 2.35. The van der Waals surface area contributed by atoms with Crippen molar-refractivity contribution >= 4 is 23.2 Å². The van der Waals surface area contributed by atoms with Crippen LogP contribution in [0.1, 0.15) is 38.2 Å². The fourth-order valence-corrected chi connectivity index (χ4v) is 3.12. The van der Waals surface area contributed by atoms with E-state index in [9.17, 15) is 9.59 Å². The van der Waals surface area contributed by atoms with Crippen molar-refractivity contribution in [3.05, 3.63) is 60.2 Å². The van der Waals surface area contributed by atoms with Gasteiger partial charge in [-0.05, 0) is 42.2 Å². The molecule has 1 aliphatic heterocycles. The van der Waals surface area contributed by atoms with E-state index in [1.165, 1.54) is 5.56 Å². The number of hydrogen-bond acceptors (Lipinski definition) is 2. The number of benzene rings is 2. The van der Waals surface area contributed by atoms with Crippen LogP contribution in [0.15, 0.2) is 54.6 Å². The Bertz CT molecular complexity index is 740. The Morgan fingerprint density at radius 3 is 2.48 bits per heavy atom. The lowest BCUT2D eigenvalue weighted by molar-refractivity contribution is -0.122. The quantitative estimate of drug-likeness (QED) is 0.890. The number of carbonyl (C=O) groups is 2. The summed E-state index contributed by atoms with van der Waals surface area (Å²) in [6.07, 6.45) is 1.34. The molecule has 1 N–H and O–H groups in total. The molecule has 0 radical (unpaired) electrons. The lowest BCUT2D eigenvalue weighted by atomic mass is 9.98. The zero-order valence-electron chi connectivity index (χ0n) is 14.7. The molecule has 1 aliphatic rings. The maximum Gasteiger partial charge on any atom is 0.229 e. The molecule has 2 unspecified atom stereocenters. The van der Waals surface area contributed by atoms with Crippen LogP contribution in [0.3, 0.4) is 0 Å². The van der Waals surface area contributed by atoms with Gasteiger partial charge in [0.15, 0.2) is 0 Å². The standard InChI is InChI=1S/C21H24N2O2/c1-3-15(2)16-9-11-18(12-10-16)22-21(25)17-13-20(24)23(14-17)19-7-5-4-6-8-19/h4-12,15,17H,3,13-14H2,1-2H3,(H,22,25). The van der Waals surface area contributed by atoms with Gasteiger partial charge in [-0.3, -0.25) is 9.59 Å². The summed E-state index contributed by atoms with van der Waals surface area (Å²) in [5.74, 6) is 0.0973. The number of nitrogens with zero attached hydrogens (tertiary/aromatic N) is 1. The predicted octanol–water partition coefficient (Wildman–Crippen LogP) is 4.19. The summed E-state index contributed by atoms with van der Waals surface area (Å²) in [5, 5.41) is 2.94. The summed E-state index contributed by atoms with van der Waals surface area (Å²) >= 11 is 0. The Morgan fingerprint density at radius 2 is 1.84 bits per heavy atom. The van der Waals surface area contributed by atoms with Crippen LogP contribution in [0.2, 0.25) is 0 Å².